The van der Waals surface area contributed by atoms with Crippen molar-refractivity contribution in [2.24, 2.45) is 0 Å². The van der Waals surface area contributed by atoms with Crippen LogP contribution < -0.4 is 5.32 Å². The fourth-order valence-corrected chi connectivity index (χ4v) is 1.73. The van der Waals surface area contributed by atoms with Crippen LogP contribution in [0.15, 0.2) is 28.8 Å². The first-order chi connectivity index (χ1) is 9.95. The summed E-state index contributed by atoms with van der Waals surface area (Å²) in [6.07, 6.45) is 2.30. The maximum atomic E-state index is 11.9. The van der Waals surface area contributed by atoms with Gasteiger partial charge >= 0.3 is 12.0 Å². The van der Waals surface area contributed by atoms with Gasteiger partial charge in [-0.15, -0.1) is 0 Å². The SMILES string of the molecule is Cc1noc(NC(=O)c2ccc(/C=C/C(=O)O)c(Cl)c2)n1. The van der Waals surface area contributed by atoms with Gasteiger partial charge in [-0.1, -0.05) is 22.8 Å². The van der Waals surface area contributed by atoms with Gasteiger partial charge in [-0.3, -0.25) is 10.1 Å². The lowest BCUT2D eigenvalue weighted by Crippen LogP contribution is -2.12. The Hall–Kier alpha value is -2.67. The number of nitrogens with zero attached hydrogens (tertiary/aromatic N) is 2. The smallest absolute Gasteiger partial charge is 0.328 e. The maximum absolute atomic E-state index is 11.9. The van der Waals surface area contributed by atoms with E-state index in [0.717, 1.165) is 6.08 Å². The van der Waals surface area contributed by atoms with Crippen molar-refractivity contribution >= 4 is 35.6 Å². The number of benzene rings is 1. The van der Waals surface area contributed by atoms with Gasteiger partial charge in [0.1, 0.15) is 0 Å². The van der Waals surface area contributed by atoms with Crippen LogP contribution >= 0.6 is 11.6 Å². The van der Waals surface area contributed by atoms with Gasteiger partial charge in [-0.05, 0) is 30.7 Å². The Morgan fingerprint density at radius 2 is 2.19 bits per heavy atom. The van der Waals surface area contributed by atoms with E-state index in [2.05, 4.69) is 15.5 Å². The number of aliphatic carboxylic acids is 1. The molecule has 2 N–H and O–H groups in total. The molecule has 2 aromatic rings. The molecule has 1 heterocycles. The minimum absolute atomic E-state index is 0.0107. The van der Waals surface area contributed by atoms with E-state index in [1.807, 2.05) is 0 Å². The standard InChI is InChI=1S/C13H10ClN3O4/c1-7-15-13(21-17-7)16-12(20)9-3-2-8(10(14)6-9)4-5-11(18)19/h2-6H,1H3,(H,18,19)(H,15,16,17,20)/b5-4+. The van der Waals surface area contributed by atoms with Gasteiger partial charge in [-0.2, -0.15) is 4.98 Å². The van der Waals surface area contributed by atoms with Crippen LogP contribution in [0.2, 0.25) is 5.02 Å². The topological polar surface area (TPSA) is 105 Å². The van der Waals surface area contributed by atoms with Crippen LogP contribution in [-0.4, -0.2) is 27.1 Å². The van der Waals surface area contributed by atoms with Crippen molar-refractivity contribution in [2.75, 3.05) is 5.32 Å². The molecule has 2 rings (SSSR count). The molecule has 0 saturated carbocycles. The Morgan fingerprint density at radius 1 is 1.43 bits per heavy atom. The molecule has 1 aromatic heterocycles. The van der Waals surface area contributed by atoms with Crippen LogP contribution in [0.4, 0.5) is 6.01 Å². The summed E-state index contributed by atoms with van der Waals surface area (Å²) in [6, 6.07) is 4.45. The van der Waals surface area contributed by atoms with Gasteiger partial charge in [0.2, 0.25) is 0 Å². The van der Waals surface area contributed by atoms with Crippen molar-refractivity contribution in [1.29, 1.82) is 0 Å². The van der Waals surface area contributed by atoms with E-state index in [0.29, 0.717) is 11.4 Å². The first kappa shape index (κ1) is 14.7. The highest BCUT2D eigenvalue weighted by Gasteiger charge is 2.11. The molecule has 8 heteroatoms. The summed E-state index contributed by atoms with van der Waals surface area (Å²) in [5.74, 6) is -1.15. The van der Waals surface area contributed by atoms with Crippen molar-refractivity contribution in [3.8, 4) is 0 Å². The monoisotopic (exact) mass is 307 g/mol. The lowest BCUT2D eigenvalue weighted by atomic mass is 10.1. The van der Waals surface area contributed by atoms with E-state index in [9.17, 15) is 9.59 Å². The molecule has 21 heavy (non-hydrogen) atoms. The number of halogens is 1. The van der Waals surface area contributed by atoms with Gasteiger partial charge in [0.15, 0.2) is 5.82 Å². The molecule has 0 atom stereocenters. The predicted molar refractivity (Wildman–Crippen MR) is 75.1 cm³/mol. The molecule has 0 aliphatic carbocycles. The van der Waals surface area contributed by atoms with Crippen LogP contribution in [0.1, 0.15) is 21.7 Å². The van der Waals surface area contributed by atoms with E-state index in [-0.39, 0.29) is 16.6 Å². The number of hydrogen-bond donors (Lipinski definition) is 2. The Balaban J connectivity index is 2.15. The quantitative estimate of drug-likeness (QED) is 0.840. The zero-order valence-electron chi connectivity index (χ0n) is 10.8. The Labute approximate surface area is 124 Å². The average Bonchev–Trinajstić information content (AvgIpc) is 2.82. The van der Waals surface area contributed by atoms with Crippen LogP contribution in [0.3, 0.4) is 0 Å². The third-order valence-electron chi connectivity index (χ3n) is 2.42. The summed E-state index contributed by atoms with van der Waals surface area (Å²) in [7, 11) is 0. The van der Waals surface area contributed by atoms with Gasteiger partial charge in [0.25, 0.3) is 5.91 Å². The molecular formula is C13H10ClN3O4. The zero-order chi connectivity index (χ0) is 15.4. The number of rotatable bonds is 4. The molecule has 1 aromatic carbocycles. The molecule has 0 aliphatic heterocycles. The van der Waals surface area contributed by atoms with E-state index >= 15 is 0 Å². The number of carbonyl (C=O) groups is 2. The Kier molecular flexibility index (Phi) is 4.34. The third-order valence-corrected chi connectivity index (χ3v) is 2.74. The van der Waals surface area contributed by atoms with Crippen molar-refractivity contribution in [1.82, 2.24) is 10.1 Å². The molecule has 1 amide bonds. The molecular weight excluding hydrogens is 298 g/mol. The summed E-state index contributed by atoms with van der Waals surface area (Å²) < 4.78 is 4.77. The highest BCUT2D eigenvalue weighted by atomic mass is 35.5. The minimum Gasteiger partial charge on any atom is -0.478 e. The molecule has 0 spiro atoms. The number of hydrogen-bond acceptors (Lipinski definition) is 5. The number of carboxylic acid groups (broad SMARTS) is 1. The number of aryl methyl sites for hydroxylation is 1. The number of carboxylic acids is 1. The van der Waals surface area contributed by atoms with Gasteiger partial charge in [0.05, 0.1) is 0 Å². The van der Waals surface area contributed by atoms with Crippen molar-refractivity contribution in [3.63, 3.8) is 0 Å². The first-order valence-corrected chi connectivity index (χ1v) is 6.16. The van der Waals surface area contributed by atoms with E-state index in [1.165, 1.54) is 24.3 Å². The number of amides is 1. The fourth-order valence-electron chi connectivity index (χ4n) is 1.48. The van der Waals surface area contributed by atoms with Crippen molar-refractivity contribution < 1.29 is 19.2 Å². The fraction of sp³-hybridized carbons (Fsp3) is 0.0769. The van der Waals surface area contributed by atoms with Crippen LogP contribution in [-0.2, 0) is 4.79 Å². The number of aromatic nitrogens is 2. The van der Waals surface area contributed by atoms with E-state index < -0.39 is 11.9 Å². The van der Waals surface area contributed by atoms with Crippen LogP contribution in [0, 0.1) is 6.92 Å². The van der Waals surface area contributed by atoms with Gasteiger partial charge < -0.3 is 9.63 Å². The zero-order valence-corrected chi connectivity index (χ0v) is 11.6. The van der Waals surface area contributed by atoms with E-state index in [1.54, 1.807) is 6.92 Å². The third kappa shape index (κ3) is 3.90. The molecule has 0 saturated heterocycles. The summed E-state index contributed by atoms with van der Waals surface area (Å²) in [5, 5.41) is 14.8. The second kappa shape index (κ2) is 6.19. The van der Waals surface area contributed by atoms with Gasteiger partial charge in [0, 0.05) is 16.7 Å². The highest BCUT2D eigenvalue weighted by Crippen LogP contribution is 2.20. The number of nitrogens with one attached hydrogen (secondary N) is 1. The molecule has 0 radical (unpaired) electrons. The molecule has 0 aliphatic rings. The number of anilines is 1. The summed E-state index contributed by atoms with van der Waals surface area (Å²) in [4.78, 5) is 26.2. The molecule has 0 fully saturated rings. The normalized spacial score (nSPS) is 10.8. The summed E-state index contributed by atoms with van der Waals surface area (Å²) >= 11 is 5.99. The maximum Gasteiger partial charge on any atom is 0.328 e. The Morgan fingerprint density at radius 3 is 2.76 bits per heavy atom. The first-order valence-electron chi connectivity index (χ1n) is 5.78. The lowest BCUT2D eigenvalue weighted by molar-refractivity contribution is -0.131. The lowest BCUT2D eigenvalue weighted by Gasteiger charge is -2.03. The number of carbonyl (C=O) groups excluding carboxylic acids is 1. The Bertz CT molecular complexity index is 724. The molecule has 108 valence electrons. The van der Waals surface area contributed by atoms with Crippen molar-refractivity contribution in [2.45, 2.75) is 6.92 Å². The van der Waals surface area contributed by atoms with E-state index in [4.69, 9.17) is 21.2 Å². The van der Waals surface area contributed by atoms with Crippen molar-refractivity contribution in [3.05, 3.63) is 46.2 Å². The highest BCUT2D eigenvalue weighted by molar-refractivity contribution is 6.32. The second-order valence-corrected chi connectivity index (χ2v) is 4.42. The summed E-state index contributed by atoms with van der Waals surface area (Å²) in [6.45, 7) is 1.62. The van der Waals surface area contributed by atoms with Crippen LogP contribution in [0.25, 0.3) is 6.08 Å². The second-order valence-electron chi connectivity index (χ2n) is 4.01. The molecule has 0 bridgehead atoms. The summed E-state index contributed by atoms with van der Waals surface area (Å²) in [5.41, 5.74) is 0.771. The van der Waals surface area contributed by atoms with Gasteiger partial charge in [-0.25, -0.2) is 4.79 Å². The molecule has 0 unspecified atom stereocenters. The average molecular weight is 308 g/mol. The predicted octanol–water partition coefficient (Wildman–Crippen LogP) is 2.38. The minimum atomic E-state index is -1.08. The van der Waals surface area contributed by atoms with Crippen LogP contribution in [0.5, 0.6) is 0 Å². The molecule has 7 nitrogen and oxygen atoms in total. The largest absolute Gasteiger partial charge is 0.478 e.